The Morgan fingerprint density at radius 3 is 0.940 bits per heavy atom. The van der Waals surface area contributed by atoms with Crippen molar-refractivity contribution in [3.05, 3.63) is 24.3 Å². The Kier molecular flexibility index (Phi) is 54.7. The third-order valence-electron chi connectivity index (χ3n) is 14.4. The molecule has 5 N–H and O–H groups in total. The predicted molar refractivity (Wildman–Crippen MR) is 293 cm³/mol. The lowest BCUT2D eigenvalue weighted by atomic mass is 10.00. The third-order valence-corrected chi connectivity index (χ3v) is 14.4. The van der Waals surface area contributed by atoms with Crippen LogP contribution < -0.4 is 5.32 Å². The minimum absolute atomic E-state index is 0.365. The summed E-state index contributed by atoms with van der Waals surface area (Å²) >= 11 is 0. The van der Waals surface area contributed by atoms with E-state index in [1.165, 1.54) is 257 Å². The van der Waals surface area contributed by atoms with Gasteiger partial charge in [-0.2, -0.15) is 0 Å². The number of hydrogen-bond acceptors (Lipinski definition) is 5. The van der Waals surface area contributed by atoms with Crippen molar-refractivity contribution in [2.24, 2.45) is 0 Å². The van der Waals surface area contributed by atoms with E-state index in [2.05, 4.69) is 43.5 Å². The highest BCUT2D eigenvalue weighted by Crippen LogP contribution is 2.18. The summed E-state index contributed by atoms with van der Waals surface area (Å²) in [5.74, 6) is -0.591. The molecule has 0 aromatic rings. The highest BCUT2D eigenvalue weighted by atomic mass is 16.3. The summed E-state index contributed by atoms with van der Waals surface area (Å²) in [6, 6.07) is -1.01. The fourth-order valence-electron chi connectivity index (χ4n) is 9.66. The maximum Gasteiger partial charge on any atom is 0.249 e. The van der Waals surface area contributed by atoms with Gasteiger partial charge in [0.2, 0.25) is 5.91 Å². The van der Waals surface area contributed by atoms with Crippen LogP contribution in [0.5, 0.6) is 0 Å². The number of rotatable bonds is 56. The van der Waals surface area contributed by atoms with Crippen LogP contribution in [0.3, 0.4) is 0 Å². The van der Waals surface area contributed by atoms with E-state index in [0.29, 0.717) is 19.3 Å². The molecule has 0 aromatic heterocycles. The van der Waals surface area contributed by atoms with Gasteiger partial charge in [0.15, 0.2) is 0 Å². The van der Waals surface area contributed by atoms with E-state index < -0.39 is 36.9 Å². The Balaban J connectivity index is 3.64. The van der Waals surface area contributed by atoms with Crippen LogP contribution in [0.15, 0.2) is 24.3 Å². The van der Waals surface area contributed by atoms with Crippen LogP contribution in [0.25, 0.3) is 0 Å². The molecule has 0 fully saturated rings. The van der Waals surface area contributed by atoms with Crippen LogP contribution in [-0.4, -0.2) is 57.3 Å². The number of aliphatic hydroxyl groups is 4. The molecule has 0 saturated carbocycles. The molecular formula is C61H119NO5. The molecular weight excluding hydrogens is 827 g/mol. The van der Waals surface area contributed by atoms with Crippen molar-refractivity contribution in [2.75, 3.05) is 6.61 Å². The van der Waals surface area contributed by atoms with E-state index in [-0.39, 0.29) is 0 Å². The molecule has 0 aliphatic carbocycles. The Bertz CT molecular complexity index is 1020. The fourth-order valence-corrected chi connectivity index (χ4v) is 9.66. The van der Waals surface area contributed by atoms with E-state index in [9.17, 15) is 25.2 Å². The van der Waals surface area contributed by atoms with Crippen molar-refractivity contribution in [1.29, 1.82) is 0 Å². The molecule has 0 heterocycles. The maximum atomic E-state index is 12.6. The number of allylic oxidation sites excluding steroid dienone is 4. The van der Waals surface area contributed by atoms with Crippen molar-refractivity contribution in [2.45, 2.75) is 353 Å². The van der Waals surface area contributed by atoms with Gasteiger partial charge in [0.25, 0.3) is 0 Å². The topological polar surface area (TPSA) is 110 Å². The van der Waals surface area contributed by atoms with Crippen molar-refractivity contribution in [3.8, 4) is 0 Å². The molecule has 0 radical (unpaired) electrons. The minimum Gasteiger partial charge on any atom is -0.394 e. The second-order valence-corrected chi connectivity index (χ2v) is 21.0. The first-order valence-corrected chi connectivity index (χ1v) is 30.2. The standard InChI is InChI=1S/C61H119NO5/c1-3-5-7-9-11-13-15-17-19-21-23-25-27-28-29-30-31-33-34-36-38-40-42-44-46-48-50-52-54-58(64)60(66)57(56-63)62-61(67)59(65)55-53-51-49-47-45-43-41-39-37-35-32-26-24-22-20-18-16-14-12-10-8-6-4-2/h38,40,46,48,57-60,63-66H,3-37,39,41-45,47,49-56H2,1-2H3,(H,62,67)/b40-38+,48-46+. The molecule has 0 saturated heterocycles. The average Bonchev–Trinajstić information content (AvgIpc) is 3.33. The van der Waals surface area contributed by atoms with E-state index in [4.69, 9.17) is 0 Å². The van der Waals surface area contributed by atoms with Crippen molar-refractivity contribution < 1.29 is 25.2 Å². The second kappa shape index (κ2) is 55.7. The maximum absolute atomic E-state index is 12.6. The van der Waals surface area contributed by atoms with Crippen molar-refractivity contribution in [1.82, 2.24) is 5.32 Å². The van der Waals surface area contributed by atoms with Crippen molar-refractivity contribution >= 4 is 5.91 Å². The summed E-state index contributed by atoms with van der Waals surface area (Å²) in [5, 5.41) is 44.0. The van der Waals surface area contributed by atoms with Gasteiger partial charge in [-0.05, 0) is 51.4 Å². The third kappa shape index (κ3) is 49.6. The van der Waals surface area contributed by atoms with Crippen LogP contribution in [0.4, 0.5) is 0 Å². The highest BCUT2D eigenvalue weighted by molar-refractivity contribution is 5.80. The molecule has 0 bridgehead atoms. The second-order valence-electron chi connectivity index (χ2n) is 21.0. The molecule has 67 heavy (non-hydrogen) atoms. The zero-order chi connectivity index (χ0) is 48.8. The van der Waals surface area contributed by atoms with E-state index in [0.717, 1.165) is 38.5 Å². The van der Waals surface area contributed by atoms with Gasteiger partial charge in [-0.15, -0.1) is 0 Å². The lowest BCUT2D eigenvalue weighted by molar-refractivity contribution is -0.132. The Morgan fingerprint density at radius 2 is 0.627 bits per heavy atom. The molecule has 1 amide bonds. The van der Waals surface area contributed by atoms with Gasteiger partial charge in [-0.25, -0.2) is 0 Å². The largest absolute Gasteiger partial charge is 0.394 e. The lowest BCUT2D eigenvalue weighted by Gasteiger charge is -2.27. The molecule has 0 aliphatic heterocycles. The number of carbonyl (C=O) groups is 1. The van der Waals surface area contributed by atoms with Gasteiger partial charge in [-0.3, -0.25) is 4.79 Å². The number of hydrogen-bond donors (Lipinski definition) is 5. The van der Waals surface area contributed by atoms with Gasteiger partial charge in [0, 0.05) is 0 Å². The SMILES string of the molecule is CCCCCCCCCCCCCCCCCCCCC/C=C/CC/C=C/CCCC(O)C(O)C(CO)NC(=O)C(O)CCCCCCCCCCCCCCCCCCCCCCCCC. The molecule has 0 rings (SSSR count). The normalized spacial score (nSPS) is 13.8. The van der Waals surface area contributed by atoms with Gasteiger partial charge < -0.3 is 25.7 Å². The summed E-state index contributed by atoms with van der Waals surface area (Å²) in [6.45, 7) is 4.08. The molecule has 0 aliphatic rings. The molecule has 6 heteroatoms. The number of aliphatic hydroxyl groups excluding tert-OH is 4. The molecule has 4 unspecified atom stereocenters. The Morgan fingerprint density at radius 1 is 0.358 bits per heavy atom. The summed E-state index contributed by atoms with van der Waals surface area (Å²) in [7, 11) is 0. The lowest BCUT2D eigenvalue weighted by Crippen LogP contribution is -2.53. The van der Waals surface area contributed by atoms with E-state index in [1.807, 2.05) is 0 Å². The van der Waals surface area contributed by atoms with Gasteiger partial charge in [-0.1, -0.05) is 301 Å². The Hall–Kier alpha value is -1.21. The average molecular weight is 947 g/mol. The molecule has 398 valence electrons. The zero-order valence-corrected chi connectivity index (χ0v) is 45.2. The number of amides is 1. The number of unbranched alkanes of at least 4 members (excludes halogenated alkanes) is 43. The van der Waals surface area contributed by atoms with Gasteiger partial charge >= 0.3 is 0 Å². The highest BCUT2D eigenvalue weighted by Gasteiger charge is 2.28. The molecule has 0 aromatic carbocycles. The minimum atomic E-state index is -1.29. The Labute approximate surface area is 418 Å². The summed E-state index contributed by atoms with van der Waals surface area (Å²) < 4.78 is 0. The summed E-state index contributed by atoms with van der Waals surface area (Å²) in [5.41, 5.74) is 0. The first-order chi connectivity index (χ1) is 33.0. The molecule has 4 atom stereocenters. The fraction of sp³-hybridized carbons (Fsp3) is 0.918. The monoisotopic (exact) mass is 946 g/mol. The zero-order valence-electron chi connectivity index (χ0n) is 45.2. The van der Waals surface area contributed by atoms with Crippen LogP contribution in [0.2, 0.25) is 0 Å². The van der Waals surface area contributed by atoms with Crippen LogP contribution in [0, 0.1) is 0 Å². The quantitative estimate of drug-likeness (QED) is 0.0308. The van der Waals surface area contributed by atoms with Crippen molar-refractivity contribution in [3.63, 3.8) is 0 Å². The smallest absolute Gasteiger partial charge is 0.249 e. The molecule has 0 spiro atoms. The first-order valence-electron chi connectivity index (χ1n) is 30.2. The summed E-state index contributed by atoms with van der Waals surface area (Å²) in [6.07, 6.45) is 68.4. The van der Waals surface area contributed by atoms with Crippen LogP contribution in [0.1, 0.15) is 328 Å². The molecule has 6 nitrogen and oxygen atoms in total. The van der Waals surface area contributed by atoms with Gasteiger partial charge in [0.05, 0.1) is 18.8 Å². The number of nitrogens with one attached hydrogen (secondary N) is 1. The van der Waals surface area contributed by atoms with Crippen LogP contribution in [-0.2, 0) is 4.79 Å². The number of carbonyl (C=O) groups excluding carboxylic acids is 1. The predicted octanol–water partition coefficient (Wildman–Crippen LogP) is 17.8. The first kappa shape index (κ1) is 65.8. The van der Waals surface area contributed by atoms with Gasteiger partial charge in [0.1, 0.15) is 12.2 Å². The van der Waals surface area contributed by atoms with Crippen LogP contribution >= 0.6 is 0 Å². The van der Waals surface area contributed by atoms with E-state index >= 15 is 0 Å². The summed E-state index contributed by atoms with van der Waals surface area (Å²) in [4.78, 5) is 12.6. The van der Waals surface area contributed by atoms with E-state index in [1.54, 1.807) is 0 Å².